The molecule has 0 radical (unpaired) electrons. The number of hydrogen-bond acceptors (Lipinski definition) is 4. The number of piperidine rings is 2. The topological polar surface area (TPSA) is 24.9 Å². The van der Waals surface area contributed by atoms with Crippen LogP contribution in [0.1, 0.15) is 75.3 Å². The molecule has 0 bridgehead atoms. The van der Waals surface area contributed by atoms with E-state index in [1.807, 2.05) is 0 Å². The Kier molecular flexibility index (Phi) is 9.00. The molecule has 4 heteroatoms. The van der Waals surface area contributed by atoms with Crippen LogP contribution in [0, 0.1) is 0 Å². The van der Waals surface area contributed by atoms with Gasteiger partial charge >= 0.3 is 0 Å². The summed E-state index contributed by atoms with van der Waals surface area (Å²) in [6, 6.07) is 13.3. The number of rotatable bonds is 12. The largest absolute Gasteiger partial charge is 0.494 e. The van der Waals surface area contributed by atoms with Gasteiger partial charge in [0, 0.05) is 0 Å². The van der Waals surface area contributed by atoms with Crippen molar-refractivity contribution in [2.45, 2.75) is 70.6 Å². The predicted molar refractivity (Wildman–Crippen MR) is 145 cm³/mol. The van der Waals surface area contributed by atoms with E-state index in [0.29, 0.717) is 0 Å². The lowest BCUT2D eigenvalue weighted by molar-refractivity contribution is 0.216. The van der Waals surface area contributed by atoms with Crippen molar-refractivity contribution in [1.82, 2.24) is 9.80 Å². The fourth-order valence-corrected chi connectivity index (χ4v) is 5.96. The van der Waals surface area contributed by atoms with E-state index in [1.165, 1.54) is 113 Å². The third kappa shape index (κ3) is 7.01. The van der Waals surface area contributed by atoms with Crippen molar-refractivity contribution in [3.05, 3.63) is 47.5 Å². The molecule has 4 nitrogen and oxygen atoms in total. The highest BCUT2D eigenvalue weighted by Gasteiger charge is 2.20. The number of hydrogen-bond donors (Lipinski definition) is 0. The Morgan fingerprint density at radius 3 is 1.46 bits per heavy atom. The highest BCUT2D eigenvalue weighted by atomic mass is 16.5. The van der Waals surface area contributed by atoms with E-state index in [2.05, 4.69) is 46.2 Å². The molecule has 190 valence electrons. The van der Waals surface area contributed by atoms with Crippen molar-refractivity contribution in [3.8, 4) is 22.6 Å². The minimum absolute atomic E-state index is 0.815. The molecule has 2 aliphatic heterocycles. The lowest BCUT2D eigenvalue weighted by Gasteiger charge is -2.26. The summed E-state index contributed by atoms with van der Waals surface area (Å²) in [6.45, 7) is 9.24. The highest BCUT2D eigenvalue weighted by molar-refractivity contribution is 5.78. The van der Waals surface area contributed by atoms with Crippen LogP contribution in [-0.4, -0.2) is 62.3 Å². The van der Waals surface area contributed by atoms with E-state index in [9.17, 15) is 0 Å². The van der Waals surface area contributed by atoms with Crippen LogP contribution in [0.2, 0.25) is 0 Å². The molecule has 5 rings (SSSR count). The van der Waals surface area contributed by atoms with Gasteiger partial charge in [-0.05, 0) is 144 Å². The minimum atomic E-state index is 0.815. The van der Waals surface area contributed by atoms with E-state index in [-0.39, 0.29) is 0 Å². The summed E-state index contributed by atoms with van der Waals surface area (Å²) in [5.74, 6) is 2.03. The smallest absolute Gasteiger partial charge is 0.119 e. The Hall–Kier alpha value is -2.04. The summed E-state index contributed by atoms with van der Waals surface area (Å²) in [5, 5.41) is 0. The highest BCUT2D eigenvalue weighted by Crippen LogP contribution is 2.40. The van der Waals surface area contributed by atoms with E-state index in [4.69, 9.17) is 9.47 Å². The predicted octanol–water partition coefficient (Wildman–Crippen LogP) is 6.55. The van der Waals surface area contributed by atoms with Crippen LogP contribution in [0.25, 0.3) is 11.1 Å². The van der Waals surface area contributed by atoms with Gasteiger partial charge in [0.1, 0.15) is 11.5 Å². The Bertz CT molecular complexity index is 856. The summed E-state index contributed by atoms with van der Waals surface area (Å²) >= 11 is 0. The van der Waals surface area contributed by atoms with Crippen molar-refractivity contribution in [2.24, 2.45) is 0 Å². The lowest BCUT2D eigenvalue weighted by atomic mass is 10.1. The first kappa shape index (κ1) is 24.6. The van der Waals surface area contributed by atoms with E-state index in [1.54, 1.807) is 0 Å². The molecule has 0 amide bonds. The first-order valence-corrected chi connectivity index (χ1v) is 14.3. The summed E-state index contributed by atoms with van der Waals surface area (Å²) in [7, 11) is 0. The number of nitrogens with zero attached hydrogens (tertiary/aromatic N) is 2. The van der Waals surface area contributed by atoms with Crippen molar-refractivity contribution >= 4 is 0 Å². The average molecular weight is 477 g/mol. The van der Waals surface area contributed by atoms with Gasteiger partial charge in [0.2, 0.25) is 0 Å². The molecule has 0 spiro atoms. The van der Waals surface area contributed by atoms with Crippen LogP contribution >= 0.6 is 0 Å². The van der Waals surface area contributed by atoms with E-state index in [0.717, 1.165) is 44.0 Å². The molecule has 0 unspecified atom stereocenters. The summed E-state index contributed by atoms with van der Waals surface area (Å²) in [6.07, 6.45) is 14.0. The number of benzene rings is 2. The lowest BCUT2D eigenvalue weighted by Crippen LogP contribution is -2.30. The quantitative estimate of drug-likeness (QED) is 0.277. The molecule has 3 aliphatic rings. The van der Waals surface area contributed by atoms with Gasteiger partial charge in [-0.3, -0.25) is 0 Å². The van der Waals surface area contributed by atoms with Crippen molar-refractivity contribution in [2.75, 3.05) is 52.5 Å². The molecule has 0 aromatic heterocycles. The summed E-state index contributed by atoms with van der Waals surface area (Å²) in [4.78, 5) is 5.23. The number of ether oxygens (including phenoxy) is 2. The van der Waals surface area contributed by atoms with Crippen molar-refractivity contribution in [3.63, 3.8) is 0 Å². The van der Waals surface area contributed by atoms with Crippen LogP contribution in [0.15, 0.2) is 36.4 Å². The van der Waals surface area contributed by atoms with Crippen LogP contribution in [0.5, 0.6) is 11.5 Å². The molecule has 35 heavy (non-hydrogen) atoms. The molecule has 2 fully saturated rings. The molecule has 2 heterocycles. The SMILES string of the molecule is c1cc2c(cc1OCCCCN1CCCCC1)Cc1cc(OCCCCN3CCCCC3)ccc1-2. The Labute approximate surface area is 212 Å². The zero-order chi connectivity index (χ0) is 23.7. The molecule has 2 saturated heterocycles. The summed E-state index contributed by atoms with van der Waals surface area (Å²) in [5.41, 5.74) is 5.46. The maximum Gasteiger partial charge on any atom is 0.119 e. The molecule has 1 aliphatic carbocycles. The first-order valence-electron chi connectivity index (χ1n) is 14.3. The minimum Gasteiger partial charge on any atom is -0.494 e. The second-order valence-corrected chi connectivity index (χ2v) is 10.7. The van der Waals surface area contributed by atoms with Gasteiger partial charge in [0.15, 0.2) is 0 Å². The normalized spacial score (nSPS) is 18.3. The molecule has 0 N–H and O–H groups in total. The van der Waals surface area contributed by atoms with Gasteiger partial charge < -0.3 is 19.3 Å². The second-order valence-electron chi connectivity index (χ2n) is 10.7. The van der Waals surface area contributed by atoms with Crippen LogP contribution in [0.3, 0.4) is 0 Å². The Morgan fingerprint density at radius 1 is 0.543 bits per heavy atom. The van der Waals surface area contributed by atoms with Gasteiger partial charge in [0.25, 0.3) is 0 Å². The third-order valence-corrected chi connectivity index (χ3v) is 8.00. The monoisotopic (exact) mass is 476 g/mol. The Balaban J connectivity index is 1.03. The van der Waals surface area contributed by atoms with Crippen LogP contribution < -0.4 is 9.47 Å². The second kappa shape index (κ2) is 12.8. The number of likely N-dealkylation sites (tertiary alicyclic amines) is 2. The van der Waals surface area contributed by atoms with Gasteiger partial charge in [0.05, 0.1) is 13.2 Å². The van der Waals surface area contributed by atoms with E-state index < -0.39 is 0 Å². The summed E-state index contributed by atoms with van der Waals surface area (Å²) < 4.78 is 12.2. The van der Waals surface area contributed by atoms with E-state index >= 15 is 0 Å². The fraction of sp³-hybridized carbons (Fsp3) is 0.613. The molecule has 2 aromatic rings. The molecular weight excluding hydrogens is 432 g/mol. The molecular formula is C31H44N2O2. The van der Waals surface area contributed by atoms with Crippen LogP contribution in [-0.2, 0) is 6.42 Å². The van der Waals surface area contributed by atoms with Gasteiger partial charge in [-0.1, -0.05) is 25.0 Å². The van der Waals surface area contributed by atoms with Crippen molar-refractivity contribution in [1.29, 1.82) is 0 Å². The van der Waals surface area contributed by atoms with Gasteiger partial charge in [-0.15, -0.1) is 0 Å². The van der Waals surface area contributed by atoms with Gasteiger partial charge in [-0.2, -0.15) is 0 Å². The van der Waals surface area contributed by atoms with Gasteiger partial charge in [-0.25, -0.2) is 0 Å². The molecule has 0 saturated carbocycles. The third-order valence-electron chi connectivity index (χ3n) is 8.00. The van der Waals surface area contributed by atoms with Crippen LogP contribution in [0.4, 0.5) is 0 Å². The number of fused-ring (bicyclic) bond motifs is 3. The van der Waals surface area contributed by atoms with Crippen molar-refractivity contribution < 1.29 is 9.47 Å². The molecule has 2 aromatic carbocycles. The maximum atomic E-state index is 6.12. The maximum absolute atomic E-state index is 6.12. The number of unbranched alkanes of at least 4 members (excludes halogenated alkanes) is 2. The fourth-order valence-electron chi connectivity index (χ4n) is 5.96. The first-order chi connectivity index (χ1) is 17.3. The zero-order valence-corrected chi connectivity index (χ0v) is 21.6. The molecule has 0 atom stereocenters. The standard InChI is InChI=1S/C31H44N2O2/c1-3-15-32(16-4-1)19-7-9-21-34-28-11-13-30-26(24-28)23-27-25-29(12-14-31(27)30)35-22-10-8-20-33-17-5-2-6-18-33/h11-14,24-25H,1-10,15-23H2. The Morgan fingerprint density at radius 2 is 1.00 bits per heavy atom. The average Bonchev–Trinajstić information content (AvgIpc) is 3.26. The zero-order valence-electron chi connectivity index (χ0n) is 21.6.